The van der Waals surface area contributed by atoms with Gasteiger partial charge in [0.15, 0.2) is 0 Å². The lowest BCUT2D eigenvalue weighted by atomic mass is 9.90. The van der Waals surface area contributed by atoms with Crippen LogP contribution in [0.3, 0.4) is 0 Å². The summed E-state index contributed by atoms with van der Waals surface area (Å²) in [6.45, 7) is 1.90. The minimum absolute atomic E-state index is 0.0265. The summed E-state index contributed by atoms with van der Waals surface area (Å²) in [4.78, 5) is 11.2. The molecule has 0 radical (unpaired) electrons. The van der Waals surface area contributed by atoms with Gasteiger partial charge in [0, 0.05) is 12.0 Å². The highest BCUT2D eigenvalue weighted by molar-refractivity contribution is 5.70. The van der Waals surface area contributed by atoms with E-state index in [9.17, 15) is 4.79 Å². The van der Waals surface area contributed by atoms with Crippen LogP contribution in [0.2, 0.25) is 0 Å². The van der Waals surface area contributed by atoms with E-state index in [0.29, 0.717) is 6.42 Å². The molecule has 2 N–H and O–H groups in total. The molecule has 3 nitrogen and oxygen atoms in total. The molecule has 0 saturated heterocycles. The van der Waals surface area contributed by atoms with Crippen LogP contribution in [-0.2, 0) is 9.53 Å². The number of hydrogen-bond acceptors (Lipinski definition) is 3. The van der Waals surface area contributed by atoms with Crippen molar-refractivity contribution < 1.29 is 9.53 Å². The van der Waals surface area contributed by atoms with Crippen LogP contribution in [0.1, 0.15) is 24.8 Å². The third-order valence-corrected chi connectivity index (χ3v) is 2.48. The van der Waals surface area contributed by atoms with Gasteiger partial charge >= 0.3 is 5.97 Å². The molecule has 0 unspecified atom stereocenters. The lowest BCUT2D eigenvalue weighted by Gasteiger charge is -2.19. The third-order valence-electron chi connectivity index (χ3n) is 2.48. The molecule has 0 spiro atoms. The van der Waals surface area contributed by atoms with Crippen LogP contribution in [0.25, 0.3) is 0 Å². The zero-order valence-electron chi connectivity index (χ0n) is 9.14. The first-order valence-electron chi connectivity index (χ1n) is 5.02. The Morgan fingerprint density at radius 1 is 1.40 bits per heavy atom. The van der Waals surface area contributed by atoms with E-state index in [0.717, 1.165) is 5.56 Å². The highest BCUT2D eigenvalue weighted by Gasteiger charge is 2.19. The zero-order chi connectivity index (χ0) is 11.3. The van der Waals surface area contributed by atoms with Gasteiger partial charge in [-0.3, -0.25) is 4.79 Å². The number of esters is 1. The molecule has 1 aromatic rings. The molecule has 1 aromatic carbocycles. The third kappa shape index (κ3) is 3.36. The highest BCUT2D eigenvalue weighted by atomic mass is 16.5. The van der Waals surface area contributed by atoms with E-state index in [1.54, 1.807) is 0 Å². The molecule has 0 aliphatic carbocycles. The second kappa shape index (κ2) is 5.51. The number of nitrogens with two attached hydrogens (primary N) is 1. The van der Waals surface area contributed by atoms with Crippen LogP contribution in [0.4, 0.5) is 0 Å². The van der Waals surface area contributed by atoms with Crippen molar-refractivity contribution in [3.8, 4) is 0 Å². The Morgan fingerprint density at radius 3 is 2.47 bits per heavy atom. The SMILES string of the molecule is COC(=O)C[C@@H](c1ccccc1)[C@@H](C)N. The fraction of sp³-hybridized carbons (Fsp3) is 0.417. The van der Waals surface area contributed by atoms with Gasteiger partial charge in [-0.15, -0.1) is 0 Å². The van der Waals surface area contributed by atoms with E-state index in [-0.39, 0.29) is 17.9 Å². The summed E-state index contributed by atoms with van der Waals surface area (Å²) in [5.74, 6) is -0.195. The summed E-state index contributed by atoms with van der Waals surface area (Å²) in [6.07, 6.45) is 0.332. The Morgan fingerprint density at radius 2 is 2.00 bits per heavy atom. The average Bonchev–Trinajstić information content (AvgIpc) is 2.26. The van der Waals surface area contributed by atoms with Crippen molar-refractivity contribution in [2.45, 2.75) is 25.3 Å². The van der Waals surface area contributed by atoms with Crippen LogP contribution >= 0.6 is 0 Å². The second-order valence-corrected chi connectivity index (χ2v) is 3.66. The highest BCUT2D eigenvalue weighted by Crippen LogP contribution is 2.22. The Labute approximate surface area is 90.2 Å². The van der Waals surface area contributed by atoms with Crippen molar-refractivity contribution >= 4 is 5.97 Å². The van der Waals surface area contributed by atoms with Crippen LogP contribution in [-0.4, -0.2) is 19.1 Å². The topological polar surface area (TPSA) is 52.3 Å². The van der Waals surface area contributed by atoms with Gasteiger partial charge in [0.05, 0.1) is 13.5 Å². The lowest BCUT2D eigenvalue weighted by Crippen LogP contribution is -2.27. The smallest absolute Gasteiger partial charge is 0.306 e. The molecule has 0 bridgehead atoms. The molecule has 0 aromatic heterocycles. The second-order valence-electron chi connectivity index (χ2n) is 3.66. The molecular weight excluding hydrogens is 190 g/mol. The van der Waals surface area contributed by atoms with Gasteiger partial charge in [-0.1, -0.05) is 30.3 Å². The summed E-state index contributed by atoms with van der Waals surface area (Å²) in [7, 11) is 1.39. The number of hydrogen-bond donors (Lipinski definition) is 1. The number of benzene rings is 1. The van der Waals surface area contributed by atoms with Crippen molar-refractivity contribution in [3.05, 3.63) is 35.9 Å². The predicted molar refractivity (Wildman–Crippen MR) is 59.5 cm³/mol. The molecule has 0 heterocycles. The maximum absolute atomic E-state index is 11.2. The van der Waals surface area contributed by atoms with E-state index in [1.807, 2.05) is 37.3 Å². The molecule has 0 aliphatic heterocycles. The Bertz CT molecular complexity index is 309. The van der Waals surface area contributed by atoms with Gasteiger partial charge in [0.2, 0.25) is 0 Å². The fourth-order valence-electron chi connectivity index (χ4n) is 1.57. The number of carbonyl (C=O) groups is 1. The molecule has 0 fully saturated rings. The van der Waals surface area contributed by atoms with Crippen molar-refractivity contribution in [1.29, 1.82) is 0 Å². The number of ether oxygens (including phenoxy) is 1. The van der Waals surface area contributed by atoms with Crippen LogP contribution in [0, 0.1) is 0 Å². The minimum Gasteiger partial charge on any atom is -0.469 e. The lowest BCUT2D eigenvalue weighted by molar-refractivity contribution is -0.141. The number of carbonyl (C=O) groups excluding carboxylic acids is 1. The van der Waals surface area contributed by atoms with E-state index < -0.39 is 0 Å². The summed E-state index contributed by atoms with van der Waals surface area (Å²) in [5.41, 5.74) is 6.95. The molecule has 3 heteroatoms. The fourth-order valence-corrected chi connectivity index (χ4v) is 1.57. The van der Waals surface area contributed by atoms with E-state index in [4.69, 9.17) is 5.73 Å². The van der Waals surface area contributed by atoms with Crippen molar-refractivity contribution in [2.24, 2.45) is 5.73 Å². The normalized spacial score (nSPS) is 14.3. The van der Waals surface area contributed by atoms with Crippen LogP contribution in [0.5, 0.6) is 0 Å². The average molecular weight is 207 g/mol. The maximum Gasteiger partial charge on any atom is 0.306 e. The first-order chi connectivity index (χ1) is 7.15. The quantitative estimate of drug-likeness (QED) is 0.764. The maximum atomic E-state index is 11.2. The summed E-state index contributed by atoms with van der Waals surface area (Å²) in [6, 6.07) is 9.74. The largest absolute Gasteiger partial charge is 0.469 e. The molecular formula is C12H17NO2. The van der Waals surface area contributed by atoms with Gasteiger partial charge in [-0.2, -0.15) is 0 Å². The van der Waals surface area contributed by atoms with Crippen molar-refractivity contribution in [2.75, 3.05) is 7.11 Å². The van der Waals surface area contributed by atoms with Gasteiger partial charge < -0.3 is 10.5 Å². The van der Waals surface area contributed by atoms with Gasteiger partial charge in [-0.25, -0.2) is 0 Å². The number of rotatable bonds is 4. The molecule has 15 heavy (non-hydrogen) atoms. The molecule has 1 rings (SSSR count). The minimum atomic E-state index is -0.221. The van der Waals surface area contributed by atoms with E-state index in [2.05, 4.69) is 4.74 Å². The molecule has 82 valence electrons. The van der Waals surface area contributed by atoms with Crippen LogP contribution < -0.4 is 5.73 Å². The Balaban J connectivity index is 2.79. The molecule has 0 saturated carbocycles. The number of methoxy groups -OCH3 is 1. The molecule has 0 aliphatic rings. The van der Waals surface area contributed by atoms with Crippen molar-refractivity contribution in [1.82, 2.24) is 0 Å². The standard InChI is InChI=1S/C12H17NO2/c1-9(13)11(8-12(14)15-2)10-6-4-3-5-7-10/h3-7,9,11H,8,13H2,1-2H3/t9-,11-/m1/s1. The first kappa shape index (κ1) is 11.7. The van der Waals surface area contributed by atoms with Crippen molar-refractivity contribution in [3.63, 3.8) is 0 Å². The molecule has 2 atom stereocenters. The molecule has 0 amide bonds. The Hall–Kier alpha value is -1.35. The van der Waals surface area contributed by atoms with Gasteiger partial charge in [-0.05, 0) is 12.5 Å². The summed E-state index contributed by atoms with van der Waals surface area (Å²) in [5, 5.41) is 0. The van der Waals surface area contributed by atoms with E-state index in [1.165, 1.54) is 7.11 Å². The Kier molecular flexibility index (Phi) is 4.31. The monoisotopic (exact) mass is 207 g/mol. The summed E-state index contributed by atoms with van der Waals surface area (Å²) < 4.78 is 4.66. The van der Waals surface area contributed by atoms with Gasteiger partial charge in [0.1, 0.15) is 0 Å². The van der Waals surface area contributed by atoms with E-state index >= 15 is 0 Å². The van der Waals surface area contributed by atoms with Crippen LogP contribution in [0.15, 0.2) is 30.3 Å². The first-order valence-corrected chi connectivity index (χ1v) is 5.02. The zero-order valence-corrected chi connectivity index (χ0v) is 9.14. The summed E-state index contributed by atoms with van der Waals surface area (Å²) >= 11 is 0. The predicted octanol–water partition coefficient (Wildman–Crippen LogP) is 1.68. The van der Waals surface area contributed by atoms with Gasteiger partial charge in [0.25, 0.3) is 0 Å².